The molecule has 1 heterocycles. The van der Waals surface area contributed by atoms with Crippen molar-refractivity contribution in [2.24, 2.45) is 58.7 Å². The van der Waals surface area contributed by atoms with Crippen LogP contribution in [0.3, 0.4) is 0 Å². The summed E-state index contributed by atoms with van der Waals surface area (Å²) >= 11 is 0. The van der Waals surface area contributed by atoms with Gasteiger partial charge >= 0.3 is 0 Å². The van der Waals surface area contributed by atoms with E-state index in [-0.39, 0.29) is 54.4 Å². The number of carbonyl (C=O) groups is 2. The van der Waals surface area contributed by atoms with E-state index in [9.17, 15) is 19.8 Å². The lowest BCUT2D eigenvalue weighted by molar-refractivity contribution is -0.193. The average molecular weight is 774 g/mol. The Morgan fingerprint density at radius 2 is 1.69 bits per heavy atom. The third kappa shape index (κ3) is 9.28. The normalized spacial score (nSPS) is 40.8. The van der Waals surface area contributed by atoms with Crippen LogP contribution in [0.25, 0.3) is 0 Å². The first kappa shape index (κ1) is 43.2. The Kier molecular flexibility index (Phi) is 14.4. The molecule has 2 amide bonds. The topological polar surface area (TPSA) is 127 Å². The number of fused-ring (bicyclic) bond motifs is 2. The second kappa shape index (κ2) is 18.3. The Bertz CT molecular complexity index is 1270. The summed E-state index contributed by atoms with van der Waals surface area (Å²) in [5.41, 5.74) is 0.318. The zero-order valence-electron chi connectivity index (χ0n) is 35.9. The van der Waals surface area contributed by atoms with Crippen molar-refractivity contribution in [3.63, 3.8) is 0 Å². The molecule has 1 aliphatic heterocycles. The fourth-order valence-electron chi connectivity index (χ4n) is 13.0. The lowest BCUT2D eigenvalue weighted by atomic mass is 9.45. The van der Waals surface area contributed by atoms with Crippen LogP contribution < -0.4 is 10.6 Å². The maximum Gasteiger partial charge on any atom is 0.240 e. The Labute approximate surface area is 333 Å². The van der Waals surface area contributed by atoms with E-state index < -0.39 is 24.2 Å². The number of nitrogens with one attached hydrogen (secondary N) is 2. The minimum absolute atomic E-state index is 0.0387. The number of aliphatic hydroxyl groups is 2. The molecule has 0 aromatic carbocycles. The molecule has 6 aliphatic carbocycles. The summed E-state index contributed by atoms with van der Waals surface area (Å²) in [6.07, 6.45) is 12.7. The van der Waals surface area contributed by atoms with E-state index in [1.807, 2.05) is 7.11 Å². The monoisotopic (exact) mass is 774 g/mol. The molecule has 7 unspecified atom stereocenters. The molecule has 6 saturated carbocycles. The first-order chi connectivity index (χ1) is 26.1. The number of nitrogens with zero attached hydrogens (tertiary/aromatic N) is 3. The molecule has 1 saturated heterocycles. The van der Waals surface area contributed by atoms with Crippen molar-refractivity contribution >= 4 is 11.8 Å². The van der Waals surface area contributed by atoms with Gasteiger partial charge in [-0.15, -0.1) is 0 Å². The van der Waals surface area contributed by atoms with Gasteiger partial charge in [0.25, 0.3) is 0 Å². The van der Waals surface area contributed by atoms with Gasteiger partial charge in [-0.2, -0.15) is 5.06 Å². The van der Waals surface area contributed by atoms with Gasteiger partial charge in [0, 0.05) is 56.1 Å². The number of carbonyl (C=O) groups excluding carboxylic acids is 2. The van der Waals surface area contributed by atoms with Gasteiger partial charge in [-0.1, -0.05) is 46.5 Å². The summed E-state index contributed by atoms with van der Waals surface area (Å²) in [4.78, 5) is 39.6. The van der Waals surface area contributed by atoms with E-state index in [2.05, 4.69) is 69.4 Å². The van der Waals surface area contributed by atoms with Crippen LogP contribution in [-0.2, 0) is 19.2 Å². The van der Waals surface area contributed by atoms with Crippen molar-refractivity contribution in [2.45, 2.75) is 154 Å². The third-order valence-electron chi connectivity index (χ3n) is 16.3. The SMILES string of the molecule is COC1C(CN2O[C@@H](CO)[C@@H]([C@H](C)O)[C@H]2C(=O)N[C@H]2C[C@H]3C[C@@H]([C@@H]2C)C3(C)C)CCCC1C1CC(C(=O)NC(CN(C)C)C2CCCCC2)CC(N(C)C)C1. The fraction of sp³-hybridized carbons (Fsp3) is 0.955. The zero-order valence-corrected chi connectivity index (χ0v) is 35.9. The number of aliphatic hydroxyl groups excluding tert-OH is 2. The summed E-state index contributed by atoms with van der Waals surface area (Å²) in [6.45, 7) is 9.84. The quantitative estimate of drug-likeness (QED) is 0.201. The highest BCUT2D eigenvalue weighted by molar-refractivity contribution is 5.83. The van der Waals surface area contributed by atoms with Gasteiger partial charge < -0.3 is 35.4 Å². The maximum atomic E-state index is 14.4. The van der Waals surface area contributed by atoms with Crippen molar-refractivity contribution in [3.8, 4) is 0 Å². The summed E-state index contributed by atoms with van der Waals surface area (Å²) in [5, 5.41) is 30.3. The van der Waals surface area contributed by atoms with Crippen LogP contribution in [-0.4, -0.2) is 134 Å². The van der Waals surface area contributed by atoms with Crippen molar-refractivity contribution in [1.29, 1.82) is 0 Å². The number of likely N-dealkylation sites (N-methyl/N-ethyl adjacent to an activating group) is 1. The molecular weight excluding hydrogens is 695 g/mol. The zero-order chi connectivity index (χ0) is 39.8. The molecule has 0 radical (unpaired) electrons. The second-order valence-electron chi connectivity index (χ2n) is 20.4. The summed E-state index contributed by atoms with van der Waals surface area (Å²) in [7, 11) is 10.4. The maximum absolute atomic E-state index is 14.4. The van der Waals surface area contributed by atoms with E-state index in [1.54, 1.807) is 12.0 Å². The summed E-state index contributed by atoms with van der Waals surface area (Å²) in [5.74, 6) is 2.41. The molecule has 11 nitrogen and oxygen atoms in total. The van der Waals surface area contributed by atoms with Gasteiger partial charge in [0.2, 0.25) is 11.8 Å². The summed E-state index contributed by atoms with van der Waals surface area (Å²) in [6, 6.07) is -0.0972. The molecule has 11 heteroatoms. The van der Waals surface area contributed by atoms with Crippen molar-refractivity contribution in [1.82, 2.24) is 25.5 Å². The van der Waals surface area contributed by atoms with Crippen LogP contribution in [0, 0.1) is 58.7 Å². The molecule has 0 spiro atoms. The molecule has 4 N–H and O–H groups in total. The van der Waals surface area contributed by atoms with Gasteiger partial charge in [0.15, 0.2) is 0 Å². The Morgan fingerprint density at radius 3 is 2.29 bits per heavy atom. The minimum atomic E-state index is -0.824. The highest BCUT2D eigenvalue weighted by atomic mass is 16.7. The Hall–Kier alpha value is -1.34. The molecule has 316 valence electrons. The number of hydroxylamine groups is 2. The van der Waals surface area contributed by atoms with Crippen molar-refractivity contribution < 1.29 is 29.4 Å². The summed E-state index contributed by atoms with van der Waals surface area (Å²) < 4.78 is 6.45. The highest BCUT2D eigenvalue weighted by Crippen LogP contribution is 2.61. The predicted octanol–water partition coefficient (Wildman–Crippen LogP) is 4.55. The van der Waals surface area contributed by atoms with Gasteiger partial charge in [-0.25, -0.2) is 0 Å². The van der Waals surface area contributed by atoms with Gasteiger partial charge in [0.05, 0.1) is 18.8 Å². The number of hydrogen-bond acceptors (Lipinski definition) is 9. The lowest BCUT2D eigenvalue weighted by Crippen LogP contribution is -2.62. The molecule has 0 aromatic rings. The first-order valence-electron chi connectivity index (χ1n) is 22.3. The van der Waals surface area contributed by atoms with Gasteiger partial charge in [-0.3, -0.25) is 14.4 Å². The largest absolute Gasteiger partial charge is 0.394 e. The van der Waals surface area contributed by atoms with Crippen LogP contribution in [0.4, 0.5) is 0 Å². The molecule has 7 aliphatic rings. The molecule has 0 aromatic heterocycles. The van der Waals surface area contributed by atoms with E-state index in [1.165, 1.54) is 38.5 Å². The fourth-order valence-corrected chi connectivity index (χ4v) is 13.0. The average Bonchev–Trinajstić information content (AvgIpc) is 3.53. The molecule has 2 bridgehead atoms. The molecule has 7 fully saturated rings. The lowest BCUT2D eigenvalue weighted by Gasteiger charge is -2.62. The third-order valence-corrected chi connectivity index (χ3v) is 16.3. The van der Waals surface area contributed by atoms with Gasteiger partial charge in [0.1, 0.15) is 12.1 Å². The van der Waals surface area contributed by atoms with E-state index in [0.717, 1.165) is 51.5 Å². The Balaban J connectivity index is 1.16. The van der Waals surface area contributed by atoms with Crippen LogP contribution in [0.5, 0.6) is 0 Å². The molecular formula is C44H79N5O6. The first-order valence-corrected chi connectivity index (χ1v) is 22.3. The molecule has 55 heavy (non-hydrogen) atoms. The molecule has 15 atom stereocenters. The van der Waals surface area contributed by atoms with Crippen molar-refractivity contribution in [2.75, 3.05) is 55.0 Å². The van der Waals surface area contributed by atoms with E-state index in [4.69, 9.17) is 9.57 Å². The smallest absolute Gasteiger partial charge is 0.240 e. The van der Waals surface area contributed by atoms with Crippen LogP contribution >= 0.6 is 0 Å². The number of rotatable bonds is 14. The number of amides is 2. The number of ether oxygens (including phenoxy) is 1. The van der Waals surface area contributed by atoms with Crippen LogP contribution in [0.1, 0.15) is 111 Å². The predicted molar refractivity (Wildman–Crippen MR) is 216 cm³/mol. The van der Waals surface area contributed by atoms with Crippen molar-refractivity contribution in [3.05, 3.63) is 0 Å². The molecule has 7 rings (SSSR count). The highest BCUT2D eigenvalue weighted by Gasteiger charge is 2.58. The van der Waals surface area contributed by atoms with Crippen LogP contribution in [0.2, 0.25) is 0 Å². The second-order valence-corrected chi connectivity index (χ2v) is 20.4. The number of methoxy groups -OCH3 is 1. The van der Waals surface area contributed by atoms with E-state index >= 15 is 0 Å². The number of hydrogen-bond donors (Lipinski definition) is 4. The standard InChI is InChI=1S/C44H79N5O6/c1-26-35-21-32(44(35,3)4)22-36(26)45-43(53)40-39(27(2)51)38(25-50)55-49(40)23-29-16-13-17-34(41(29)54-9)30-18-31(20-33(19-30)48(7)8)42(52)46-37(24-47(5)6)28-14-11-10-12-15-28/h26-41,50-51H,10-25H2,1-9H3,(H,45,53)(H,46,52)/t26-,27-,29?,30?,31?,32+,33?,34?,35-,36-,37?,38-,39+,40-,41?/m0/s1. The van der Waals surface area contributed by atoms with E-state index in [0.29, 0.717) is 47.6 Å². The van der Waals surface area contributed by atoms with Gasteiger partial charge in [-0.05, 0) is 134 Å². The van der Waals surface area contributed by atoms with Crippen LogP contribution in [0.15, 0.2) is 0 Å². The Morgan fingerprint density at radius 1 is 0.964 bits per heavy atom. The minimum Gasteiger partial charge on any atom is -0.394 e.